The number of nitrogens with zero attached hydrogens (tertiary/aromatic N) is 1. The van der Waals surface area contributed by atoms with Crippen molar-refractivity contribution in [3.05, 3.63) is 58.1 Å². The zero-order chi connectivity index (χ0) is 19.3. The van der Waals surface area contributed by atoms with E-state index in [2.05, 4.69) is 5.32 Å². The first-order valence-corrected chi connectivity index (χ1v) is 10.1. The maximum absolute atomic E-state index is 12.3. The van der Waals surface area contributed by atoms with Gasteiger partial charge in [0.05, 0.1) is 19.1 Å². The quantitative estimate of drug-likeness (QED) is 0.752. The summed E-state index contributed by atoms with van der Waals surface area (Å²) in [7, 11) is -2.18. The fraction of sp³-hybridized carbons (Fsp3) is 0.235. The van der Waals surface area contributed by atoms with E-state index in [0.29, 0.717) is 27.0 Å². The minimum Gasteiger partial charge on any atom is -0.497 e. The van der Waals surface area contributed by atoms with Crippen LogP contribution in [0.4, 0.5) is 5.69 Å². The van der Waals surface area contributed by atoms with Crippen molar-refractivity contribution in [2.24, 2.45) is 0 Å². The van der Waals surface area contributed by atoms with E-state index in [0.717, 1.165) is 10.6 Å². The van der Waals surface area contributed by atoms with Gasteiger partial charge in [-0.05, 0) is 29.8 Å². The second-order valence-corrected chi connectivity index (χ2v) is 8.23. The van der Waals surface area contributed by atoms with E-state index in [1.54, 1.807) is 42.5 Å². The van der Waals surface area contributed by atoms with Gasteiger partial charge in [0, 0.05) is 22.7 Å². The molecular weight excluding hydrogens is 399 g/mol. The summed E-state index contributed by atoms with van der Waals surface area (Å²) < 4.78 is 30.3. The summed E-state index contributed by atoms with van der Waals surface area (Å²) >= 11 is 11.9. The van der Waals surface area contributed by atoms with E-state index in [4.69, 9.17) is 27.9 Å². The highest BCUT2D eigenvalue weighted by molar-refractivity contribution is 7.92. The molecule has 0 aromatic heterocycles. The second-order valence-electron chi connectivity index (χ2n) is 5.48. The molecule has 0 saturated carbocycles. The maximum Gasteiger partial charge on any atom is 0.241 e. The van der Waals surface area contributed by atoms with E-state index in [1.807, 2.05) is 0 Å². The fourth-order valence-corrected chi connectivity index (χ4v) is 3.53. The highest BCUT2D eigenvalue weighted by Gasteiger charge is 2.21. The molecular formula is C17H18Cl2N2O4S. The van der Waals surface area contributed by atoms with Crippen LogP contribution in [0.5, 0.6) is 5.75 Å². The Morgan fingerprint density at radius 3 is 2.54 bits per heavy atom. The van der Waals surface area contributed by atoms with Crippen molar-refractivity contribution in [2.45, 2.75) is 6.54 Å². The Morgan fingerprint density at radius 1 is 1.19 bits per heavy atom. The number of hydrogen-bond donors (Lipinski definition) is 1. The number of nitrogens with one attached hydrogen (secondary N) is 1. The molecule has 0 aliphatic heterocycles. The van der Waals surface area contributed by atoms with Crippen LogP contribution >= 0.6 is 23.2 Å². The molecule has 26 heavy (non-hydrogen) atoms. The zero-order valence-corrected chi connectivity index (χ0v) is 16.5. The molecule has 0 aliphatic carbocycles. The lowest BCUT2D eigenvalue weighted by Crippen LogP contribution is -2.40. The largest absolute Gasteiger partial charge is 0.497 e. The summed E-state index contributed by atoms with van der Waals surface area (Å²) in [5, 5.41) is 3.57. The molecule has 0 aliphatic rings. The minimum absolute atomic E-state index is 0.157. The van der Waals surface area contributed by atoms with Crippen LogP contribution in [-0.2, 0) is 21.4 Å². The fourth-order valence-electron chi connectivity index (χ4n) is 2.21. The van der Waals surface area contributed by atoms with Crippen LogP contribution in [0, 0.1) is 0 Å². The predicted molar refractivity (Wildman–Crippen MR) is 103 cm³/mol. The van der Waals surface area contributed by atoms with Gasteiger partial charge in [0.15, 0.2) is 0 Å². The number of halogens is 2. The third kappa shape index (κ3) is 5.52. The molecule has 0 fully saturated rings. The zero-order valence-electron chi connectivity index (χ0n) is 14.2. The van der Waals surface area contributed by atoms with Crippen LogP contribution in [0.15, 0.2) is 42.5 Å². The smallest absolute Gasteiger partial charge is 0.241 e. The second kappa shape index (κ2) is 8.62. The molecule has 0 saturated heterocycles. The van der Waals surface area contributed by atoms with E-state index in [9.17, 15) is 13.2 Å². The van der Waals surface area contributed by atoms with Gasteiger partial charge in [-0.25, -0.2) is 8.42 Å². The summed E-state index contributed by atoms with van der Waals surface area (Å²) in [6.07, 6.45) is 1.04. The van der Waals surface area contributed by atoms with Crippen molar-refractivity contribution in [3.63, 3.8) is 0 Å². The number of carbonyl (C=O) groups excluding carboxylic acids is 1. The van der Waals surface area contributed by atoms with Crippen molar-refractivity contribution < 1.29 is 17.9 Å². The Balaban J connectivity index is 2.11. The predicted octanol–water partition coefficient (Wildman–Crippen LogP) is 3.08. The normalized spacial score (nSPS) is 11.1. The standard InChI is InChI=1S/C17H18Cl2N2O4S/c1-25-15-5-3-4-14(9-15)21(26(2,23)24)11-17(22)20-10-12-6-7-13(18)8-16(12)19/h3-9H,10-11H2,1-2H3,(H,20,22). The number of carbonyl (C=O) groups is 1. The van der Waals surface area contributed by atoms with Crippen molar-refractivity contribution in [3.8, 4) is 5.75 Å². The Labute approximate surface area is 162 Å². The van der Waals surface area contributed by atoms with Crippen LogP contribution in [0.2, 0.25) is 10.0 Å². The number of sulfonamides is 1. The molecule has 0 spiro atoms. The topological polar surface area (TPSA) is 75.7 Å². The van der Waals surface area contributed by atoms with Gasteiger partial charge in [-0.15, -0.1) is 0 Å². The summed E-state index contributed by atoms with van der Waals surface area (Å²) in [5.41, 5.74) is 1.02. The van der Waals surface area contributed by atoms with Crippen molar-refractivity contribution in [1.29, 1.82) is 0 Å². The third-order valence-electron chi connectivity index (χ3n) is 3.52. The number of hydrogen-bond acceptors (Lipinski definition) is 4. The molecule has 0 radical (unpaired) electrons. The monoisotopic (exact) mass is 416 g/mol. The first kappa shape index (κ1) is 20.4. The van der Waals surface area contributed by atoms with Crippen LogP contribution < -0.4 is 14.4 Å². The molecule has 140 valence electrons. The maximum atomic E-state index is 12.3. The molecule has 0 unspecified atom stereocenters. The van der Waals surface area contributed by atoms with Crippen LogP contribution in [0.3, 0.4) is 0 Å². The molecule has 1 amide bonds. The van der Waals surface area contributed by atoms with E-state index in [1.165, 1.54) is 7.11 Å². The Bertz CT molecular complexity index is 903. The lowest BCUT2D eigenvalue weighted by Gasteiger charge is -2.22. The summed E-state index contributed by atoms with van der Waals surface area (Å²) in [6.45, 7) is -0.207. The number of benzene rings is 2. The molecule has 2 aromatic carbocycles. The highest BCUT2D eigenvalue weighted by Crippen LogP contribution is 2.23. The number of anilines is 1. The number of methoxy groups -OCH3 is 1. The summed E-state index contributed by atoms with van der Waals surface area (Å²) in [6, 6.07) is 11.4. The first-order chi connectivity index (χ1) is 12.2. The van der Waals surface area contributed by atoms with Gasteiger partial charge in [0.25, 0.3) is 0 Å². The van der Waals surface area contributed by atoms with Crippen LogP contribution in [0.25, 0.3) is 0 Å². The molecule has 6 nitrogen and oxygen atoms in total. The van der Waals surface area contributed by atoms with Gasteiger partial charge in [-0.1, -0.05) is 35.3 Å². The SMILES string of the molecule is COc1cccc(N(CC(=O)NCc2ccc(Cl)cc2Cl)S(C)(=O)=O)c1. The molecule has 0 bridgehead atoms. The Kier molecular flexibility index (Phi) is 6.75. The van der Waals surface area contributed by atoms with E-state index in [-0.39, 0.29) is 13.1 Å². The Morgan fingerprint density at radius 2 is 1.92 bits per heavy atom. The number of ether oxygens (including phenoxy) is 1. The lowest BCUT2D eigenvalue weighted by molar-refractivity contribution is -0.119. The van der Waals surface area contributed by atoms with Crippen molar-refractivity contribution in [1.82, 2.24) is 5.32 Å². The molecule has 0 atom stereocenters. The van der Waals surface area contributed by atoms with Gasteiger partial charge in [-0.3, -0.25) is 9.10 Å². The van der Waals surface area contributed by atoms with Gasteiger partial charge in [0.1, 0.15) is 12.3 Å². The summed E-state index contributed by atoms with van der Waals surface area (Å²) in [5.74, 6) is 0.0220. The summed E-state index contributed by atoms with van der Waals surface area (Å²) in [4.78, 5) is 12.3. The van der Waals surface area contributed by atoms with Gasteiger partial charge < -0.3 is 10.1 Å². The molecule has 2 rings (SSSR count). The van der Waals surface area contributed by atoms with Gasteiger partial charge in [0.2, 0.25) is 15.9 Å². The van der Waals surface area contributed by atoms with Crippen LogP contribution in [-0.4, -0.2) is 34.2 Å². The third-order valence-corrected chi connectivity index (χ3v) is 5.25. The minimum atomic E-state index is -3.66. The average Bonchev–Trinajstić information content (AvgIpc) is 2.58. The number of rotatable bonds is 7. The lowest BCUT2D eigenvalue weighted by atomic mass is 10.2. The highest BCUT2D eigenvalue weighted by atomic mass is 35.5. The number of amides is 1. The van der Waals surface area contributed by atoms with E-state index >= 15 is 0 Å². The first-order valence-electron chi connectivity index (χ1n) is 7.53. The molecule has 2 aromatic rings. The van der Waals surface area contributed by atoms with Crippen molar-refractivity contribution >= 4 is 44.8 Å². The average molecular weight is 417 g/mol. The van der Waals surface area contributed by atoms with E-state index < -0.39 is 15.9 Å². The Hall–Kier alpha value is -1.96. The van der Waals surface area contributed by atoms with Crippen molar-refractivity contribution in [2.75, 3.05) is 24.2 Å². The van der Waals surface area contributed by atoms with Gasteiger partial charge >= 0.3 is 0 Å². The molecule has 0 heterocycles. The van der Waals surface area contributed by atoms with Gasteiger partial charge in [-0.2, -0.15) is 0 Å². The molecule has 1 N–H and O–H groups in total. The molecule has 9 heteroatoms. The van der Waals surface area contributed by atoms with Crippen LogP contribution in [0.1, 0.15) is 5.56 Å².